The van der Waals surface area contributed by atoms with Crippen molar-refractivity contribution in [3.05, 3.63) is 45.9 Å². The van der Waals surface area contributed by atoms with Crippen LogP contribution in [0.1, 0.15) is 36.2 Å². The Morgan fingerprint density at radius 1 is 1.32 bits per heavy atom. The first kappa shape index (κ1) is 24.4. The van der Waals surface area contributed by atoms with Crippen LogP contribution in [0, 0.1) is 11.5 Å². The van der Waals surface area contributed by atoms with E-state index < -0.39 is 29.3 Å². The fourth-order valence-corrected chi connectivity index (χ4v) is 3.62. The SMILES string of the molecule is COC(=O)COc1ccc(CC(C)N(C#N)C(C)C(O)c2csc(C(F)(F)F)n2)cc1. The maximum atomic E-state index is 12.8. The molecule has 0 saturated heterocycles. The molecule has 0 aliphatic carbocycles. The molecule has 31 heavy (non-hydrogen) atoms. The van der Waals surface area contributed by atoms with E-state index in [-0.39, 0.29) is 18.3 Å². The van der Waals surface area contributed by atoms with E-state index in [9.17, 15) is 28.3 Å². The van der Waals surface area contributed by atoms with Gasteiger partial charge in [-0.3, -0.25) is 0 Å². The lowest BCUT2D eigenvalue weighted by molar-refractivity contribution is -0.143. The van der Waals surface area contributed by atoms with Crippen LogP contribution in [-0.4, -0.2) is 46.8 Å². The number of aliphatic hydroxyl groups is 1. The van der Waals surface area contributed by atoms with E-state index >= 15 is 0 Å². The first-order valence-corrected chi connectivity index (χ1v) is 10.1. The van der Waals surface area contributed by atoms with Gasteiger partial charge in [0.25, 0.3) is 0 Å². The summed E-state index contributed by atoms with van der Waals surface area (Å²) in [5, 5.41) is 20.2. The van der Waals surface area contributed by atoms with Crippen molar-refractivity contribution in [3.8, 4) is 11.9 Å². The lowest BCUT2D eigenvalue weighted by Gasteiger charge is -2.32. The van der Waals surface area contributed by atoms with Gasteiger partial charge in [-0.1, -0.05) is 12.1 Å². The molecule has 0 aliphatic rings. The van der Waals surface area contributed by atoms with Crippen LogP contribution < -0.4 is 4.74 Å². The van der Waals surface area contributed by atoms with Gasteiger partial charge in [0.1, 0.15) is 11.9 Å². The lowest BCUT2D eigenvalue weighted by Crippen LogP contribution is -2.41. The van der Waals surface area contributed by atoms with Crippen LogP contribution >= 0.6 is 11.3 Å². The fraction of sp³-hybridized carbons (Fsp3) is 0.450. The predicted molar refractivity (Wildman–Crippen MR) is 106 cm³/mol. The number of carbonyl (C=O) groups excluding carboxylic acids is 1. The number of ether oxygens (including phenoxy) is 2. The number of methoxy groups -OCH3 is 1. The number of esters is 1. The Balaban J connectivity index is 2.02. The summed E-state index contributed by atoms with van der Waals surface area (Å²) in [6.45, 7) is 3.12. The van der Waals surface area contributed by atoms with Gasteiger partial charge in [-0.2, -0.15) is 18.4 Å². The minimum Gasteiger partial charge on any atom is -0.482 e. The van der Waals surface area contributed by atoms with Crippen molar-refractivity contribution in [1.82, 2.24) is 9.88 Å². The first-order valence-electron chi connectivity index (χ1n) is 9.24. The molecule has 168 valence electrons. The minimum absolute atomic E-state index is 0.121. The van der Waals surface area contributed by atoms with Crippen molar-refractivity contribution in [2.45, 2.75) is 44.6 Å². The summed E-state index contributed by atoms with van der Waals surface area (Å²) in [5.74, 6) is -0.0240. The zero-order valence-electron chi connectivity index (χ0n) is 17.1. The normalized spacial score (nSPS) is 14.3. The second-order valence-electron chi connectivity index (χ2n) is 6.83. The number of alkyl halides is 3. The Labute approximate surface area is 181 Å². The minimum atomic E-state index is -4.58. The molecule has 2 rings (SSSR count). The molecule has 0 fully saturated rings. The molecule has 11 heteroatoms. The monoisotopic (exact) mass is 457 g/mol. The molecule has 1 aromatic carbocycles. The number of nitrogens with zero attached hydrogens (tertiary/aromatic N) is 3. The van der Waals surface area contributed by atoms with Crippen LogP contribution in [0.4, 0.5) is 13.2 Å². The van der Waals surface area contributed by atoms with Gasteiger partial charge >= 0.3 is 12.1 Å². The van der Waals surface area contributed by atoms with Gasteiger partial charge in [0, 0.05) is 11.4 Å². The quantitative estimate of drug-likeness (QED) is 0.350. The third-order valence-electron chi connectivity index (χ3n) is 4.59. The lowest BCUT2D eigenvalue weighted by atomic mass is 10.0. The van der Waals surface area contributed by atoms with Gasteiger partial charge in [-0.15, -0.1) is 11.3 Å². The Kier molecular flexibility index (Phi) is 8.24. The van der Waals surface area contributed by atoms with Crippen molar-refractivity contribution in [3.63, 3.8) is 0 Å². The number of aliphatic hydroxyl groups excluding tert-OH is 1. The number of carbonyl (C=O) groups is 1. The number of benzene rings is 1. The van der Waals surface area contributed by atoms with E-state index in [2.05, 4.69) is 9.72 Å². The van der Waals surface area contributed by atoms with Gasteiger partial charge in [0.2, 0.25) is 0 Å². The number of halogens is 3. The molecule has 0 amide bonds. The van der Waals surface area contributed by atoms with Crippen LogP contribution in [0.25, 0.3) is 0 Å². The second-order valence-corrected chi connectivity index (χ2v) is 7.69. The van der Waals surface area contributed by atoms with Crippen molar-refractivity contribution >= 4 is 17.3 Å². The average molecular weight is 457 g/mol. The average Bonchev–Trinajstić information content (AvgIpc) is 3.23. The van der Waals surface area contributed by atoms with E-state index in [1.165, 1.54) is 12.0 Å². The third-order valence-corrected chi connectivity index (χ3v) is 5.50. The zero-order valence-corrected chi connectivity index (χ0v) is 17.9. The molecule has 1 aromatic heterocycles. The molecule has 0 aliphatic heterocycles. The number of aromatic nitrogens is 1. The summed E-state index contributed by atoms with van der Waals surface area (Å²) >= 11 is 0.403. The van der Waals surface area contributed by atoms with Crippen molar-refractivity contribution in [2.75, 3.05) is 13.7 Å². The van der Waals surface area contributed by atoms with Gasteiger partial charge in [0.15, 0.2) is 17.8 Å². The summed E-state index contributed by atoms with van der Waals surface area (Å²) in [5.41, 5.74) is 0.747. The Hall–Kier alpha value is -2.84. The highest BCUT2D eigenvalue weighted by atomic mass is 32.1. The van der Waals surface area contributed by atoms with Crippen LogP contribution in [0.15, 0.2) is 29.6 Å². The smallest absolute Gasteiger partial charge is 0.443 e. The van der Waals surface area contributed by atoms with E-state index in [0.717, 1.165) is 10.9 Å². The fourth-order valence-electron chi connectivity index (χ4n) is 2.90. The topological polar surface area (TPSA) is 95.7 Å². The standard InChI is InChI=1S/C20H22F3N3O4S/c1-12(8-14-4-6-15(7-5-14)30-9-17(27)29-3)26(11-24)13(2)18(28)16-10-31-19(25-16)20(21,22)23/h4-7,10,12-13,18,28H,8-9H2,1-3H3. The molecular formula is C20H22F3N3O4S. The van der Waals surface area contributed by atoms with Crippen LogP contribution in [0.2, 0.25) is 0 Å². The number of thiazole rings is 1. The van der Waals surface area contributed by atoms with Crippen molar-refractivity contribution < 1.29 is 32.5 Å². The summed E-state index contributed by atoms with van der Waals surface area (Å²) in [6, 6.07) is 5.76. The second kappa shape index (κ2) is 10.5. The molecule has 0 radical (unpaired) electrons. The summed E-state index contributed by atoms with van der Waals surface area (Å²) < 4.78 is 48.1. The Morgan fingerprint density at radius 2 is 1.97 bits per heavy atom. The number of hydrogen-bond donors (Lipinski definition) is 1. The molecular weight excluding hydrogens is 435 g/mol. The summed E-state index contributed by atoms with van der Waals surface area (Å²) in [4.78, 5) is 15.9. The molecule has 2 aromatic rings. The number of hydrogen-bond acceptors (Lipinski definition) is 8. The van der Waals surface area contributed by atoms with Gasteiger partial charge in [-0.25, -0.2) is 9.78 Å². The van der Waals surface area contributed by atoms with Gasteiger partial charge < -0.3 is 19.5 Å². The molecule has 1 heterocycles. The largest absolute Gasteiger partial charge is 0.482 e. The van der Waals surface area contributed by atoms with E-state index in [4.69, 9.17) is 4.74 Å². The maximum absolute atomic E-state index is 12.8. The number of rotatable bonds is 9. The Bertz CT molecular complexity index is 912. The van der Waals surface area contributed by atoms with E-state index in [1.54, 1.807) is 38.1 Å². The molecule has 7 nitrogen and oxygen atoms in total. The van der Waals surface area contributed by atoms with Crippen molar-refractivity contribution in [1.29, 1.82) is 5.26 Å². The predicted octanol–water partition coefficient (Wildman–Crippen LogP) is 3.55. The van der Waals surface area contributed by atoms with Gasteiger partial charge in [0.05, 0.1) is 18.8 Å². The Morgan fingerprint density at radius 3 is 2.48 bits per heavy atom. The summed E-state index contributed by atoms with van der Waals surface area (Å²) in [7, 11) is 1.26. The molecule has 3 unspecified atom stereocenters. The van der Waals surface area contributed by atoms with Crippen molar-refractivity contribution in [2.24, 2.45) is 0 Å². The van der Waals surface area contributed by atoms with E-state index in [0.29, 0.717) is 23.5 Å². The molecule has 0 saturated carbocycles. The first-order chi connectivity index (χ1) is 14.6. The van der Waals surface area contributed by atoms with Crippen LogP contribution in [0.3, 0.4) is 0 Å². The third kappa shape index (κ3) is 6.57. The van der Waals surface area contributed by atoms with Crippen LogP contribution in [-0.2, 0) is 22.1 Å². The highest BCUT2D eigenvalue weighted by Gasteiger charge is 2.36. The molecule has 0 bridgehead atoms. The molecule has 3 atom stereocenters. The highest BCUT2D eigenvalue weighted by Crippen LogP contribution is 2.34. The van der Waals surface area contributed by atoms with E-state index in [1.807, 2.05) is 6.19 Å². The molecule has 1 N–H and O–H groups in total. The van der Waals surface area contributed by atoms with Gasteiger partial charge in [-0.05, 0) is 38.0 Å². The summed E-state index contributed by atoms with van der Waals surface area (Å²) in [6.07, 6.45) is -3.49. The highest BCUT2D eigenvalue weighted by molar-refractivity contribution is 7.09. The number of nitriles is 1. The van der Waals surface area contributed by atoms with Crippen LogP contribution in [0.5, 0.6) is 5.75 Å². The molecule has 0 spiro atoms. The maximum Gasteiger partial charge on any atom is 0.443 e. The zero-order chi connectivity index (χ0) is 23.2.